The van der Waals surface area contributed by atoms with Gasteiger partial charge in [-0.15, -0.1) is 0 Å². The highest BCUT2D eigenvalue weighted by Crippen LogP contribution is 2.47. The van der Waals surface area contributed by atoms with Crippen molar-refractivity contribution < 1.29 is 0 Å². The lowest BCUT2D eigenvalue weighted by Gasteiger charge is -2.21. The summed E-state index contributed by atoms with van der Waals surface area (Å²) in [6.45, 7) is 2.19. The van der Waals surface area contributed by atoms with Gasteiger partial charge in [-0.3, -0.25) is 4.57 Å². The number of hydrogen-bond donors (Lipinski definition) is 0. The average Bonchev–Trinajstić information content (AvgIpc) is 3.52. The van der Waals surface area contributed by atoms with Crippen LogP contribution in [0.25, 0.3) is 82.4 Å². The van der Waals surface area contributed by atoms with E-state index in [-0.39, 0.29) is 0 Å². The molecule has 0 radical (unpaired) electrons. The van der Waals surface area contributed by atoms with Crippen LogP contribution in [0.2, 0.25) is 0 Å². The summed E-state index contributed by atoms with van der Waals surface area (Å²) in [4.78, 5) is 5.01. The van der Waals surface area contributed by atoms with Crippen molar-refractivity contribution in [2.24, 2.45) is 0 Å². The van der Waals surface area contributed by atoms with Gasteiger partial charge >= 0.3 is 0 Å². The maximum Gasteiger partial charge on any atom is 0.114 e. The molecule has 9 rings (SSSR count). The molecule has 2 nitrogen and oxygen atoms in total. The fourth-order valence-electron chi connectivity index (χ4n) is 7.47. The lowest BCUT2D eigenvalue weighted by atomic mass is 9.83. The average molecular weight is 601 g/mol. The Labute approximate surface area is 274 Å². The molecular weight excluding hydrogens is 569 g/mol. The number of rotatable bonds is 5. The van der Waals surface area contributed by atoms with Crippen molar-refractivity contribution in [2.75, 3.05) is 0 Å². The number of hydrogen-bond acceptors (Lipinski definition) is 1. The van der Waals surface area contributed by atoms with Gasteiger partial charge in [-0.1, -0.05) is 146 Å². The first-order chi connectivity index (χ1) is 23.3. The second-order valence-corrected chi connectivity index (χ2v) is 12.2. The van der Waals surface area contributed by atoms with Crippen LogP contribution in [0.15, 0.2) is 164 Å². The Morgan fingerprint density at radius 1 is 0.447 bits per heavy atom. The second kappa shape index (κ2) is 11.1. The Hall–Kier alpha value is -5.99. The van der Waals surface area contributed by atoms with Crippen LogP contribution in [0.4, 0.5) is 0 Å². The van der Waals surface area contributed by atoms with Gasteiger partial charge in [0.15, 0.2) is 0 Å². The van der Waals surface area contributed by atoms with E-state index in [9.17, 15) is 0 Å². The van der Waals surface area contributed by atoms with Crippen LogP contribution in [0.1, 0.15) is 12.7 Å². The molecule has 1 aromatic heterocycles. The maximum atomic E-state index is 5.01. The molecule has 2 heteroatoms. The molecule has 0 unspecified atom stereocenters. The van der Waals surface area contributed by atoms with E-state index in [1.54, 1.807) is 0 Å². The molecule has 0 spiro atoms. The number of aromatic nitrogens is 2. The molecular formula is C45H32N2. The summed E-state index contributed by atoms with van der Waals surface area (Å²) in [7, 11) is 0. The predicted molar refractivity (Wildman–Crippen MR) is 199 cm³/mol. The first kappa shape index (κ1) is 27.3. The molecule has 0 aliphatic carbocycles. The Kier molecular flexibility index (Phi) is 6.46. The third kappa shape index (κ3) is 4.37. The van der Waals surface area contributed by atoms with E-state index in [1.165, 1.54) is 65.7 Å². The van der Waals surface area contributed by atoms with Crippen molar-refractivity contribution in [3.05, 3.63) is 170 Å². The molecule has 0 saturated carbocycles. The molecule has 0 saturated heterocycles. The minimum absolute atomic E-state index is 0.852. The fourth-order valence-corrected chi connectivity index (χ4v) is 7.47. The maximum absolute atomic E-state index is 5.01. The Morgan fingerprint density at radius 2 is 1.04 bits per heavy atom. The molecule has 0 aliphatic heterocycles. The van der Waals surface area contributed by atoms with Crippen molar-refractivity contribution in [3.63, 3.8) is 0 Å². The summed E-state index contributed by atoms with van der Waals surface area (Å²) in [6.07, 6.45) is 0.852. The number of aryl methyl sites for hydroxylation is 1. The summed E-state index contributed by atoms with van der Waals surface area (Å²) < 4.78 is 2.35. The minimum Gasteiger partial charge on any atom is -0.296 e. The minimum atomic E-state index is 0.852. The molecule has 222 valence electrons. The van der Waals surface area contributed by atoms with E-state index in [4.69, 9.17) is 4.98 Å². The first-order valence-corrected chi connectivity index (χ1v) is 16.4. The SMILES string of the molecule is CCc1nc2ccccc2n1-c1ccc(-c2c3ccccc3c(-c3ccccc3)c3cc(-c4ccccc4)ccc23)c2ccccc12. The van der Waals surface area contributed by atoms with E-state index < -0.39 is 0 Å². The van der Waals surface area contributed by atoms with Crippen LogP contribution in [0.5, 0.6) is 0 Å². The van der Waals surface area contributed by atoms with Crippen LogP contribution in [-0.4, -0.2) is 9.55 Å². The molecule has 0 N–H and O–H groups in total. The van der Waals surface area contributed by atoms with Gasteiger partial charge in [0, 0.05) is 11.8 Å². The van der Waals surface area contributed by atoms with E-state index in [0.29, 0.717) is 0 Å². The largest absolute Gasteiger partial charge is 0.296 e. The van der Waals surface area contributed by atoms with Gasteiger partial charge in [0.25, 0.3) is 0 Å². The summed E-state index contributed by atoms with van der Waals surface area (Å²) in [6, 6.07) is 59.5. The lowest BCUT2D eigenvalue weighted by molar-refractivity contribution is 0.913. The van der Waals surface area contributed by atoms with Gasteiger partial charge in [-0.05, 0) is 84.6 Å². The monoisotopic (exact) mass is 600 g/mol. The van der Waals surface area contributed by atoms with Crippen molar-refractivity contribution in [1.29, 1.82) is 0 Å². The zero-order valence-corrected chi connectivity index (χ0v) is 26.2. The molecule has 0 atom stereocenters. The standard InChI is InChI=1S/C45H32N2/c1-2-43-46-40-23-13-14-24-42(40)47(43)41-28-27-37(33-19-9-10-20-34(33)41)45-36-22-12-11-21-35(36)44(31-17-7-4-8-18-31)39-29-32(25-26-38(39)45)30-15-5-3-6-16-30/h3-29H,2H2,1H3. The zero-order chi connectivity index (χ0) is 31.3. The van der Waals surface area contributed by atoms with Gasteiger partial charge in [-0.2, -0.15) is 0 Å². The third-order valence-corrected chi connectivity index (χ3v) is 9.55. The lowest BCUT2D eigenvalue weighted by Crippen LogP contribution is -2.01. The molecule has 0 aliphatic rings. The van der Waals surface area contributed by atoms with Gasteiger partial charge in [-0.25, -0.2) is 4.98 Å². The van der Waals surface area contributed by atoms with Crippen LogP contribution < -0.4 is 0 Å². The fraction of sp³-hybridized carbons (Fsp3) is 0.0444. The quantitative estimate of drug-likeness (QED) is 0.180. The summed E-state index contributed by atoms with van der Waals surface area (Å²) in [5.74, 6) is 1.07. The van der Waals surface area contributed by atoms with Gasteiger partial charge in [0.05, 0.1) is 16.7 Å². The summed E-state index contributed by atoms with van der Waals surface area (Å²) in [5.41, 5.74) is 10.8. The molecule has 0 amide bonds. The van der Waals surface area contributed by atoms with Crippen molar-refractivity contribution >= 4 is 43.4 Å². The van der Waals surface area contributed by atoms with Crippen LogP contribution >= 0.6 is 0 Å². The number of para-hydroxylation sites is 2. The molecule has 0 bridgehead atoms. The van der Waals surface area contributed by atoms with E-state index >= 15 is 0 Å². The highest BCUT2D eigenvalue weighted by molar-refractivity contribution is 6.24. The number of benzene rings is 8. The first-order valence-electron chi connectivity index (χ1n) is 16.4. The number of fused-ring (bicyclic) bond motifs is 4. The van der Waals surface area contributed by atoms with E-state index in [1.807, 2.05) is 0 Å². The Balaban J connectivity index is 1.39. The molecule has 9 aromatic rings. The predicted octanol–water partition coefficient (Wildman–Crippen LogP) is 12.0. The number of nitrogens with zero attached hydrogens (tertiary/aromatic N) is 2. The van der Waals surface area contributed by atoms with Crippen molar-refractivity contribution in [1.82, 2.24) is 9.55 Å². The number of imidazole rings is 1. The van der Waals surface area contributed by atoms with Crippen molar-refractivity contribution in [3.8, 4) is 39.1 Å². The van der Waals surface area contributed by atoms with E-state index in [2.05, 4.69) is 175 Å². The zero-order valence-electron chi connectivity index (χ0n) is 26.2. The smallest absolute Gasteiger partial charge is 0.114 e. The molecule has 1 heterocycles. The molecule has 0 fully saturated rings. The van der Waals surface area contributed by atoms with Crippen LogP contribution in [-0.2, 0) is 6.42 Å². The van der Waals surface area contributed by atoms with Crippen molar-refractivity contribution in [2.45, 2.75) is 13.3 Å². The third-order valence-electron chi connectivity index (χ3n) is 9.55. The normalized spacial score (nSPS) is 11.6. The summed E-state index contributed by atoms with van der Waals surface area (Å²) >= 11 is 0. The van der Waals surface area contributed by atoms with Crippen LogP contribution in [0, 0.1) is 0 Å². The topological polar surface area (TPSA) is 17.8 Å². The Morgan fingerprint density at radius 3 is 1.79 bits per heavy atom. The van der Waals surface area contributed by atoms with E-state index in [0.717, 1.165) is 29.0 Å². The van der Waals surface area contributed by atoms with Gasteiger partial charge in [0.2, 0.25) is 0 Å². The highest BCUT2D eigenvalue weighted by atomic mass is 15.1. The second-order valence-electron chi connectivity index (χ2n) is 12.2. The molecule has 8 aromatic carbocycles. The molecule has 47 heavy (non-hydrogen) atoms. The highest BCUT2D eigenvalue weighted by Gasteiger charge is 2.21. The summed E-state index contributed by atoms with van der Waals surface area (Å²) in [5, 5.41) is 7.47. The Bertz CT molecular complexity index is 2600. The van der Waals surface area contributed by atoms with Crippen LogP contribution in [0.3, 0.4) is 0 Å². The van der Waals surface area contributed by atoms with Gasteiger partial charge < -0.3 is 0 Å². The van der Waals surface area contributed by atoms with Gasteiger partial charge in [0.1, 0.15) is 5.82 Å².